The summed E-state index contributed by atoms with van der Waals surface area (Å²) in [6.07, 6.45) is 3.38. The fourth-order valence-corrected chi connectivity index (χ4v) is 3.90. The molecule has 8 heteroatoms. The van der Waals surface area contributed by atoms with Gasteiger partial charge in [-0.2, -0.15) is 11.8 Å². The molecule has 1 atom stereocenters. The van der Waals surface area contributed by atoms with Crippen LogP contribution >= 0.6 is 35.7 Å². The lowest BCUT2D eigenvalue weighted by Crippen LogP contribution is -2.46. The van der Waals surface area contributed by atoms with Crippen molar-refractivity contribution in [2.45, 2.75) is 25.3 Å². The standard InChI is InChI=1S/C20H33N5OS.HI/c1-24(2)19(26)15-22-20(23-17-9-7-14-27-16-17)21-12-8-13-25(3)18-10-5-4-6-11-18;/h4-6,10-11,17H,7-9,12-16H2,1-3H3,(H2,21,22,23);1H. The normalized spacial score (nSPS) is 16.7. The molecule has 0 aliphatic carbocycles. The van der Waals surface area contributed by atoms with Crippen LogP contribution in [-0.4, -0.2) is 75.1 Å². The summed E-state index contributed by atoms with van der Waals surface area (Å²) in [6.45, 7) is 1.95. The largest absolute Gasteiger partial charge is 0.375 e. The van der Waals surface area contributed by atoms with Crippen molar-refractivity contribution in [1.29, 1.82) is 0 Å². The van der Waals surface area contributed by atoms with Crippen LogP contribution in [-0.2, 0) is 4.79 Å². The number of halogens is 1. The van der Waals surface area contributed by atoms with Gasteiger partial charge in [-0.3, -0.25) is 4.79 Å². The highest BCUT2D eigenvalue weighted by Crippen LogP contribution is 2.16. The van der Waals surface area contributed by atoms with Crippen LogP contribution in [0.5, 0.6) is 0 Å². The summed E-state index contributed by atoms with van der Waals surface area (Å²) in [5.74, 6) is 3.10. The zero-order chi connectivity index (χ0) is 19.5. The molecule has 1 heterocycles. The van der Waals surface area contributed by atoms with Crippen molar-refractivity contribution in [2.75, 3.05) is 57.2 Å². The van der Waals surface area contributed by atoms with Gasteiger partial charge in [0.15, 0.2) is 5.96 Å². The third kappa shape index (κ3) is 9.36. The number of guanidine groups is 1. The minimum atomic E-state index is 0. The third-order valence-electron chi connectivity index (χ3n) is 4.53. The molecule has 1 aromatic carbocycles. The number of anilines is 1. The van der Waals surface area contributed by atoms with Crippen LogP contribution in [0.1, 0.15) is 19.3 Å². The summed E-state index contributed by atoms with van der Waals surface area (Å²) in [7, 11) is 5.63. The molecule has 1 saturated heterocycles. The Labute approximate surface area is 190 Å². The lowest BCUT2D eigenvalue weighted by molar-refractivity contribution is -0.127. The molecule has 1 aromatic rings. The molecule has 1 fully saturated rings. The van der Waals surface area contributed by atoms with E-state index in [2.05, 4.69) is 51.8 Å². The van der Waals surface area contributed by atoms with Crippen molar-refractivity contribution < 1.29 is 4.79 Å². The Morgan fingerprint density at radius 3 is 2.64 bits per heavy atom. The quantitative estimate of drug-likeness (QED) is 0.240. The SMILES string of the molecule is CN(C)C(=O)CN=C(NCCCN(C)c1ccccc1)NC1CCCSC1.I. The molecule has 1 unspecified atom stereocenters. The van der Waals surface area contributed by atoms with Gasteiger partial charge in [0.05, 0.1) is 0 Å². The number of rotatable bonds is 8. The molecule has 0 saturated carbocycles. The Morgan fingerprint density at radius 1 is 1.25 bits per heavy atom. The maximum absolute atomic E-state index is 11.9. The molecule has 0 bridgehead atoms. The van der Waals surface area contributed by atoms with Crippen LogP contribution in [0.3, 0.4) is 0 Å². The zero-order valence-electron chi connectivity index (χ0n) is 17.2. The lowest BCUT2D eigenvalue weighted by Gasteiger charge is -2.25. The van der Waals surface area contributed by atoms with Crippen molar-refractivity contribution in [1.82, 2.24) is 15.5 Å². The van der Waals surface area contributed by atoms with Gasteiger partial charge in [-0.25, -0.2) is 4.99 Å². The van der Waals surface area contributed by atoms with Crippen molar-refractivity contribution in [3.05, 3.63) is 30.3 Å². The van der Waals surface area contributed by atoms with E-state index in [0.29, 0.717) is 6.04 Å². The van der Waals surface area contributed by atoms with E-state index in [1.165, 1.54) is 17.9 Å². The zero-order valence-corrected chi connectivity index (χ0v) is 20.3. The molecule has 2 N–H and O–H groups in total. The number of thioether (sulfide) groups is 1. The van der Waals surface area contributed by atoms with E-state index in [-0.39, 0.29) is 36.4 Å². The summed E-state index contributed by atoms with van der Waals surface area (Å²) < 4.78 is 0. The number of carbonyl (C=O) groups is 1. The molecule has 0 spiro atoms. The Balaban J connectivity index is 0.00000392. The second kappa shape index (κ2) is 13.9. The van der Waals surface area contributed by atoms with Crippen molar-refractivity contribution in [3.63, 3.8) is 0 Å². The van der Waals surface area contributed by atoms with Gasteiger partial charge in [-0.05, 0) is 37.1 Å². The van der Waals surface area contributed by atoms with E-state index >= 15 is 0 Å². The van der Waals surface area contributed by atoms with Crippen LogP contribution in [0.2, 0.25) is 0 Å². The highest BCUT2D eigenvalue weighted by molar-refractivity contribution is 14.0. The van der Waals surface area contributed by atoms with Crippen LogP contribution in [0.25, 0.3) is 0 Å². The van der Waals surface area contributed by atoms with E-state index in [1.807, 2.05) is 17.8 Å². The molecule has 0 aromatic heterocycles. The molecule has 1 aliphatic heterocycles. The predicted molar refractivity (Wildman–Crippen MR) is 132 cm³/mol. The molecule has 28 heavy (non-hydrogen) atoms. The van der Waals surface area contributed by atoms with Gasteiger partial charge in [0, 0.05) is 51.7 Å². The Morgan fingerprint density at radius 2 is 2.00 bits per heavy atom. The van der Waals surface area contributed by atoms with Crippen molar-refractivity contribution in [3.8, 4) is 0 Å². The summed E-state index contributed by atoms with van der Waals surface area (Å²) in [6, 6.07) is 10.8. The number of nitrogens with one attached hydrogen (secondary N) is 2. The Bertz CT molecular complexity index is 594. The van der Waals surface area contributed by atoms with E-state index in [4.69, 9.17) is 0 Å². The van der Waals surface area contributed by atoms with Gasteiger partial charge < -0.3 is 20.4 Å². The van der Waals surface area contributed by atoms with Crippen LogP contribution < -0.4 is 15.5 Å². The van der Waals surface area contributed by atoms with Crippen LogP contribution in [0.4, 0.5) is 5.69 Å². The fourth-order valence-electron chi connectivity index (χ4n) is 2.82. The number of amides is 1. The fraction of sp³-hybridized carbons (Fsp3) is 0.600. The summed E-state index contributed by atoms with van der Waals surface area (Å²) in [5.41, 5.74) is 1.22. The minimum Gasteiger partial charge on any atom is -0.375 e. The number of carbonyl (C=O) groups excluding carboxylic acids is 1. The topological polar surface area (TPSA) is 60.0 Å². The Kier molecular flexibility index (Phi) is 12.4. The number of benzene rings is 1. The highest BCUT2D eigenvalue weighted by atomic mass is 127. The first-order valence-electron chi connectivity index (χ1n) is 9.65. The maximum Gasteiger partial charge on any atom is 0.243 e. The lowest BCUT2D eigenvalue weighted by atomic mass is 10.2. The predicted octanol–water partition coefficient (Wildman–Crippen LogP) is 2.65. The summed E-state index contributed by atoms with van der Waals surface area (Å²) >= 11 is 1.98. The third-order valence-corrected chi connectivity index (χ3v) is 5.75. The van der Waals surface area contributed by atoms with Gasteiger partial charge in [0.1, 0.15) is 6.54 Å². The minimum absolute atomic E-state index is 0. The molecule has 0 radical (unpaired) electrons. The van der Waals surface area contributed by atoms with Crippen molar-refractivity contribution >= 4 is 53.3 Å². The van der Waals surface area contributed by atoms with E-state index < -0.39 is 0 Å². The number of para-hydroxylation sites is 1. The first-order valence-corrected chi connectivity index (χ1v) is 10.8. The van der Waals surface area contributed by atoms with E-state index in [9.17, 15) is 4.79 Å². The van der Waals surface area contributed by atoms with Gasteiger partial charge in [0.25, 0.3) is 0 Å². The second-order valence-corrected chi connectivity index (χ2v) is 8.20. The number of aliphatic imine (C=N–C) groups is 1. The number of hydrogen-bond acceptors (Lipinski definition) is 4. The second-order valence-electron chi connectivity index (χ2n) is 7.05. The van der Waals surface area contributed by atoms with Gasteiger partial charge in [-0.15, -0.1) is 24.0 Å². The summed E-state index contributed by atoms with van der Waals surface area (Å²) in [4.78, 5) is 20.2. The first-order chi connectivity index (χ1) is 13.1. The summed E-state index contributed by atoms with van der Waals surface area (Å²) in [5, 5.41) is 6.90. The average Bonchev–Trinajstić information content (AvgIpc) is 2.70. The highest BCUT2D eigenvalue weighted by Gasteiger charge is 2.15. The smallest absolute Gasteiger partial charge is 0.243 e. The number of nitrogens with zero attached hydrogens (tertiary/aromatic N) is 3. The monoisotopic (exact) mass is 519 g/mol. The van der Waals surface area contributed by atoms with Crippen molar-refractivity contribution in [2.24, 2.45) is 4.99 Å². The molecule has 1 aliphatic rings. The molecule has 158 valence electrons. The van der Waals surface area contributed by atoms with Gasteiger partial charge in [-0.1, -0.05) is 18.2 Å². The average molecular weight is 519 g/mol. The maximum atomic E-state index is 11.9. The van der Waals surface area contributed by atoms with Crippen LogP contribution in [0.15, 0.2) is 35.3 Å². The Hall–Kier alpha value is -1.16. The number of hydrogen-bond donors (Lipinski definition) is 2. The van der Waals surface area contributed by atoms with Gasteiger partial charge in [0.2, 0.25) is 5.91 Å². The molecule has 1 amide bonds. The van der Waals surface area contributed by atoms with E-state index in [0.717, 1.165) is 37.6 Å². The van der Waals surface area contributed by atoms with E-state index in [1.54, 1.807) is 19.0 Å². The molecule has 2 rings (SSSR count). The molecular formula is C20H34IN5OS. The molecule has 6 nitrogen and oxygen atoms in total. The van der Waals surface area contributed by atoms with Gasteiger partial charge >= 0.3 is 0 Å². The first kappa shape index (κ1) is 24.9. The number of likely N-dealkylation sites (N-methyl/N-ethyl adjacent to an activating group) is 1. The van der Waals surface area contributed by atoms with Crippen LogP contribution in [0, 0.1) is 0 Å². The molecular weight excluding hydrogens is 485 g/mol.